The number of aryl methyl sites for hydroxylation is 1. The van der Waals surface area contributed by atoms with E-state index in [0.717, 1.165) is 16.3 Å². The van der Waals surface area contributed by atoms with Gasteiger partial charge in [-0.2, -0.15) is 4.98 Å². The maximum Gasteiger partial charge on any atom is 0.277 e. The molecule has 0 bridgehead atoms. The van der Waals surface area contributed by atoms with E-state index in [1.165, 1.54) is 11.8 Å². The highest BCUT2D eigenvalue weighted by atomic mass is 35.5. The number of benzene rings is 1. The number of rotatable bonds is 6. The molecule has 0 aliphatic carbocycles. The Balaban J connectivity index is 1.36. The second-order valence-corrected chi connectivity index (χ2v) is 7.73. The van der Waals surface area contributed by atoms with E-state index in [1.54, 1.807) is 23.5 Å². The normalized spacial score (nSPS) is 11.2. The summed E-state index contributed by atoms with van der Waals surface area (Å²) in [6.07, 6.45) is 0.527. The van der Waals surface area contributed by atoms with Crippen molar-refractivity contribution in [3.63, 3.8) is 0 Å². The van der Waals surface area contributed by atoms with Gasteiger partial charge in [-0.3, -0.25) is 0 Å². The number of thiazole rings is 1. The molecule has 0 fully saturated rings. The van der Waals surface area contributed by atoms with E-state index in [4.69, 9.17) is 20.5 Å². The summed E-state index contributed by atoms with van der Waals surface area (Å²) in [6, 6.07) is 7.25. The lowest BCUT2D eigenvalue weighted by Gasteiger charge is -1.93. The maximum atomic E-state index is 5.88. The topological polar surface area (TPSA) is 90.7 Å². The molecule has 0 spiro atoms. The third-order valence-electron chi connectivity index (χ3n) is 3.34. The van der Waals surface area contributed by atoms with Crippen LogP contribution >= 0.6 is 34.7 Å². The smallest absolute Gasteiger partial charge is 0.277 e. The van der Waals surface area contributed by atoms with Crippen LogP contribution in [0.15, 0.2) is 43.8 Å². The number of hydrogen-bond donors (Lipinski definition) is 0. The highest BCUT2D eigenvalue weighted by molar-refractivity contribution is 7.98. The molecule has 4 rings (SSSR count). The molecular weight excluding hydrogens is 394 g/mol. The van der Waals surface area contributed by atoms with Gasteiger partial charge in [0.2, 0.25) is 17.6 Å². The van der Waals surface area contributed by atoms with Gasteiger partial charge in [0.15, 0.2) is 0 Å². The van der Waals surface area contributed by atoms with E-state index in [9.17, 15) is 0 Å². The second-order valence-electron chi connectivity index (χ2n) is 5.30. The molecule has 3 aromatic heterocycles. The zero-order valence-electron chi connectivity index (χ0n) is 13.5. The molecule has 0 aliphatic rings. The van der Waals surface area contributed by atoms with Crippen LogP contribution in [0.5, 0.6) is 0 Å². The summed E-state index contributed by atoms with van der Waals surface area (Å²) >= 11 is 8.83. The lowest BCUT2D eigenvalue weighted by molar-refractivity contribution is 0.389. The molecule has 4 aromatic rings. The maximum absolute atomic E-state index is 5.88. The van der Waals surface area contributed by atoms with Crippen LogP contribution in [0.1, 0.15) is 22.5 Å². The zero-order chi connectivity index (χ0) is 17.9. The first-order chi connectivity index (χ1) is 12.7. The molecule has 0 N–H and O–H groups in total. The van der Waals surface area contributed by atoms with Gasteiger partial charge >= 0.3 is 0 Å². The fourth-order valence-electron chi connectivity index (χ4n) is 2.17. The number of aromatic nitrogens is 5. The molecule has 3 heterocycles. The summed E-state index contributed by atoms with van der Waals surface area (Å²) in [5.74, 6) is 1.97. The Morgan fingerprint density at radius 2 is 1.96 bits per heavy atom. The van der Waals surface area contributed by atoms with Gasteiger partial charge in [-0.15, -0.1) is 21.5 Å². The molecule has 0 aliphatic heterocycles. The Kier molecular flexibility index (Phi) is 5.00. The second kappa shape index (κ2) is 7.56. The van der Waals surface area contributed by atoms with Crippen LogP contribution in [-0.2, 0) is 12.2 Å². The van der Waals surface area contributed by atoms with E-state index >= 15 is 0 Å². The first-order valence-electron chi connectivity index (χ1n) is 7.60. The minimum absolute atomic E-state index is 0.442. The molecule has 0 radical (unpaired) electrons. The van der Waals surface area contributed by atoms with Gasteiger partial charge in [0.25, 0.3) is 5.22 Å². The zero-order valence-corrected chi connectivity index (χ0v) is 15.9. The summed E-state index contributed by atoms with van der Waals surface area (Å²) in [4.78, 5) is 8.75. The summed E-state index contributed by atoms with van der Waals surface area (Å²) in [7, 11) is 0. The summed E-state index contributed by atoms with van der Waals surface area (Å²) in [6.45, 7) is 1.96. The van der Waals surface area contributed by atoms with Gasteiger partial charge in [0.1, 0.15) is 0 Å². The molecule has 7 nitrogen and oxygen atoms in total. The largest absolute Gasteiger partial charge is 0.416 e. The Labute approximate surface area is 161 Å². The Bertz CT molecular complexity index is 1010. The molecule has 26 heavy (non-hydrogen) atoms. The lowest BCUT2D eigenvalue weighted by atomic mass is 10.2. The summed E-state index contributed by atoms with van der Waals surface area (Å²) in [5, 5.41) is 16.2. The van der Waals surface area contributed by atoms with Crippen molar-refractivity contribution < 1.29 is 8.94 Å². The molecule has 0 unspecified atom stereocenters. The quantitative estimate of drug-likeness (QED) is 0.435. The van der Waals surface area contributed by atoms with E-state index in [-0.39, 0.29) is 0 Å². The van der Waals surface area contributed by atoms with Crippen molar-refractivity contribution in [2.75, 3.05) is 0 Å². The first kappa shape index (κ1) is 17.2. The molecular formula is C16H12ClN5O2S2. The van der Waals surface area contributed by atoms with Crippen molar-refractivity contribution in [2.45, 2.75) is 24.3 Å². The Morgan fingerprint density at radius 1 is 1.12 bits per heavy atom. The van der Waals surface area contributed by atoms with Crippen molar-refractivity contribution in [1.82, 2.24) is 25.3 Å². The molecule has 0 saturated heterocycles. The predicted molar refractivity (Wildman–Crippen MR) is 98.3 cm³/mol. The molecule has 1 aromatic carbocycles. The molecule has 0 atom stereocenters. The van der Waals surface area contributed by atoms with Crippen LogP contribution in [0.25, 0.3) is 11.4 Å². The van der Waals surface area contributed by atoms with Crippen LogP contribution < -0.4 is 0 Å². The summed E-state index contributed by atoms with van der Waals surface area (Å²) in [5.41, 5.74) is 1.77. The third kappa shape index (κ3) is 4.12. The van der Waals surface area contributed by atoms with E-state index < -0.39 is 0 Å². The van der Waals surface area contributed by atoms with Crippen LogP contribution in [0.3, 0.4) is 0 Å². The predicted octanol–water partition coefficient (Wildman–Crippen LogP) is 4.42. The van der Waals surface area contributed by atoms with Crippen molar-refractivity contribution in [3.05, 3.63) is 57.2 Å². The third-order valence-corrected chi connectivity index (χ3v) is 5.21. The first-order valence-corrected chi connectivity index (χ1v) is 9.85. The van der Waals surface area contributed by atoms with Crippen molar-refractivity contribution in [1.29, 1.82) is 0 Å². The molecule has 10 heteroatoms. The van der Waals surface area contributed by atoms with Crippen LogP contribution in [0, 0.1) is 6.92 Å². The number of halogens is 1. The van der Waals surface area contributed by atoms with Crippen molar-refractivity contribution in [2.24, 2.45) is 0 Å². The van der Waals surface area contributed by atoms with Gasteiger partial charge in [-0.05, 0) is 31.2 Å². The standard InChI is InChI=1S/C16H12ClN5O2S2/c1-9-18-12(7-25-9)6-13-20-21-16(23-13)26-8-14-19-15(22-24-14)10-2-4-11(17)5-3-10/h2-5,7H,6,8H2,1H3. The SMILES string of the molecule is Cc1nc(Cc2nnc(SCc3nc(-c4ccc(Cl)cc4)no3)o2)cs1. The average Bonchev–Trinajstić information content (AvgIpc) is 3.36. The van der Waals surface area contributed by atoms with Crippen LogP contribution in [0.2, 0.25) is 5.02 Å². The van der Waals surface area contributed by atoms with Gasteiger partial charge < -0.3 is 8.94 Å². The van der Waals surface area contributed by atoms with Crippen LogP contribution in [0.4, 0.5) is 0 Å². The average molecular weight is 406 g/mol. The fourth-order valence-corrected chi connectivity index (χ4v) is 3.52. The molecule has 0 amide bonds. The van der Waals surface area contributed by atoms with Crippen molar-refractivity contribution in [3.8, 4) is 11.4 Å². The highest BCUT2D eigenvalue weighted by Crippen LogP contribution is 2.24. The van der Waals surface area contributed by atoms with Gasteiger partial charge in [-0.1, -0.05) is 28.5 Å². The van der Waals surface area contributed by atoms with E-state index in [0.29, 0.717) is 40.0 Å². The molecule has 132 valence electrons. The molecule has 0 saturated carbocycles. The number of hydrogen-bond acceptors (Lipinski definition) is 9. The highest BCUT2D eigenvalue weighted by Gasteiger charge is 2.13. The minimum atomic E-state index is 0.442. The van der Waals surface area contributed by atoms with E-state index in [2.05, 4.69) is 25.3 Å². The number of nitrogens with zero attached hydrogens (tertiary/aromatic N) is 5. The van der Waals surface area contributed by atoms with Crippen LogP contribution in [-0.4, -0.2) is 25.3 Å². The monoisotopic (exact) mass is 405 g/mol. The van der Waals surface area contributed by atoms with Crippen molar-refractivity contribution >= 4 is 34.7 Å². The fraction of sp³-hybridized carbons (Fsp3) is 0.188. The van der Waals surface area contributed by atoms with Gasteiger partial charge in [0.05, 0.1) is 22.9 Å². The summed E-state index contributed by atoms with van der Waals surface area (Å²) < 4.78 is 10.9. The number of thioether (sulfide) groups is 1. The minimum Gasteiger partial charge on any atom is -0.416 e. The van der Waals surface area contributed by atoms with E-state index in [1.807, 2.05) is 24.4 Å². The Morgan fingerprint density at radius 3 is 2.73 bits per heavy atom. The van der Waals surface area contributed by atoms with Gasteiger partial charge in [0, 0.05) is 16.0 Å². The Hall–Kier alpha value is -2.23. The van der Waals surface area contributed by atoms with Gasteiger partial charge in [-0.25, -0.2) is 4.98 Å². The lowest BCUT2D eigenvalue weighted by Crippen LogP contribution is -1.88.